The third-order valence-electron chi connectivity index (χ3n) is 15.2. The molecule has 0 unspecified atom stereocenters. The first-order chi connectivity index (χ1) is 26.7. The molecule has 18 atom stereocenters. The third-order valence-corrected chi connectivity index (χ3v) is 15.2. The minimum absolute atomic E-state index is 0. The summed E-state index contributed by atoms with van der Waals surface area (Å²) in [5.74, 6) is -5.11. The van der Waals surface area contributed by atoms with Gasteiger partial charge in [-0.2, -0.15) is 0 Å². The van der Waals surface area contributed by atoms with Gasteiger partial charge in [-0.3, -0.25) is 4.79 Å². The summed E-state index contributed by atoms with van der Waals surface area (Å²) in [6.07, 6.45) is 7.79. The first-order valence-electron chi connectivity index (χ1n) is 22.7. The Kier molecular flexibility index (Phi) is 17.3. The van der Waals surface area contributed by atoms with Crippen LogP contribution < -0.4 is 40.0 Å². The van der Waals surface area contributed by atoms with E-state index in [0.717, 1.165) is 19.4 Å². The molecule has 4 fully saturated rings. The van der Waals surface area contributed by atoms with Gasteiger partial charge in [-0.15, -0.1) is 0 Å². The molecule has 0 aromatic carbocycles. The van der Waals surface area contributed by atoms with Crippen molar-refractivity contribution in [2.45, 2.75) is 213 Å². The molecule has 0 aromatic rings. The van der Waals surface area contributed by atoms with Crippen LogP contribution >= 0.6 is 0 Å². The van der Waals surface area contributed by atoms with Crippen molar-refractivity contribution in [3.05, 3.63) is 12.2 Å². The first-order valence-corrected chi connectivity index (χ1v) is 22.7. The number of aliphatic hydroxyl groups excluding tert-OH is 1. The molecule has 328 valence electrons. The Morgan fingerprint density at radius 3 is 2.16 bits per heavy atom. The van der Waals surface area contributed by atoms with Gasteiger partial charge < -0.3 is 49.1 Å². The molecular weight excluding hydrogens is 749 g/mol. The Morgan fingerprint density at radius 1 is 0.897 bits per heavy atom. The van der Waals surface area contributed by atoms with Crippen LogP contribution in [0.5, 0.6) is 0 Å². The van der Waals surface area contributed by atoms with E-state index in [2.05, 4.69) is 52.9 Å². The van der Waals surface area contributed by atoms with Crippen molar-refractivity contribution in [1.82, 2.24) is 5.32 Å². The largest absolute Gasteiger partial charge is 1.00 e. The number of hydrogen-bond acceptors (Lipinski definition) is 11. The first kappa shape index (κ1) is 50.2. The summed E-state index contributed by atoms with van der Waals surface area (Å²) >= 11 is 0. The molecule has 0 radical (unpaired) electrons. The zero-order valence-corrected chi connectivity index (χ0v) is 40.3. The standard InChI is InChI=1S/C46H79NO10.Na/c1-13-33(42(50)51)35-17-16-27(6)40(54-35)31(10)38(48)30(9)39(49)34(14-2)41-28(7)24-29(8)45(55-41)21-18-36(47-25-26(4)5)46(57-45)23-22-43(12,56-46)37-19-20-44(52,15-3)32(11)53-37;/h18,21,26-38,40-41,47-48,52H,13-17,19-20,22-25H2,1-12H3,(H,50,51);/q;+1/p-1/t27-,28-,29+,30-,31-,32-,33+,34-,35+,36-,37+,38+,40+,41-,43-,44+,45-,46-;/m0./s1. The van der Waals surface area contributed by atoms with Crippen molar-refractivity contribution in [2.24, 2.45) is 47.3 Å². The van der Waals surface area contributed by atoms with Gasteiger partial charge in [-0.05, 0) is 102 Å². The van der Waals surface area contributed by atoms with Gasteiger partial charge in [-0.1, -0.05) is 75.3 Å². The Bertz CT molecular complexity index is 1420. The summed E-state index contributed by atoms with van der Waals surface area (Å²) in [7, 11) is 0. The van der Waals surface area contributed by atoms with Gasteiger partial charge >= 0.3 is 29.6 Å². The number of ketones is 1. The zero-order valence-electron chi connectivity index (χ0n) is 38.3. The topological polar surface area (TPSA) is 156 Å². The summed E-state index contributed by atoms with van der Waals surface area (Å²) < 4.78 is 34.7. The van der Waals surface area contributed by atoms with Crippen molar-refractivity contribution >= 4 is 11.8 Å². The number of aliphatic hydroxyl groups is 2. The molecule has 0 amide bonds. The molecule has 12 heteroatoms. The maximum absolute atomic E-state index is 14.6. The average Bonchev–Trinajstić information content (AvgIpc) is 3.51. The molecule has 5 aliphatic heterocycles. The van der Waals surface area contributed by atoms with Crippen LogP contribution in [-0.4, -0.2) is 94.0 Å². The quantitative estimate of drug-likeness (QED) is 0.165. The van der Waals surface area contributed by atoms with Crippen molar-refractivity contribution in [1.29, 1.82) is 0 Å². The average molecular weight is 828 g/mol. The molecular formula is C46H78NNaO10. The van der Waals surface area contributed by atoms with Crippen molar-refractivity contribution in [3.63, 3.8) is 0 Å². The third kappa shape index (κ3) is 10.0. The second-order valence-electron chi connectivity index (χ2n) is 19.7. The summed E-state index contributed by atoms with van der Waals surface area (Å²) in [6.45, 7) is 25.1. The minimum Gasteiger partial charge on any atom is -0.550 e. The van der Waals surface area contributed by atoms with Crippen molar-refractivity contribution in [2.75, 3.05) is 6.54 Å². The molecule has 58 heavy (non-hydrogen) atoms. The normalized spacial score (nSPS) is 43.1. The Labute approximate surface area is 372 Å². The van der Waals surface area contributed by atoms with Gasteiger partial charge in [0.25, 0.3) is 0 Å². The number of carbonyl (C=O) groups is 2. The second-order valence-corrected chi connectivity index (χ2v) is 19.7. The van der Waals surface area contributed by atoms with Crippen LogP contribution in [0.2, 0.25) is 0 Å². The number of carbonyl (C=O) groups excluding carboxylic acids is 2. The number of rotatable bonds is 15. The predicted molar refractivity (Wildman–Crippen MR) is 217 cm³/mol. The number of nitrogens with one attached hydrogen (secondary N) is 1. The molecule has 5 rings (SSSR count). The van der Waals surface area contributed by atoms with Gasteiger partial charge in [0.15, 0.2) is 11.6 Å². The van der Waals surface area contributed by atoms with Crippen LogP contribution in [0.25, 0.3) is 0 Å². The summed E-state index contributed by atoms with van der Waals surface area (Å²) in [5.41, 5.74) is -1.50. The smallest absolute Gasteiger partial charge is 0.550 e. The van der Waals surface area contributed by atoms with Crippen molar-refractivity contribution < 1.29 is 78.2 Å². The number of carboxylic acids is 1. The van der Waals surface area contributed by atoms with E-state index < -0.39 is 70.7 Å². The predicted octanol–water partition coefficient (Wildman–Crippen LogP) is 3.11. The van der Waals surface area contributed by atoms with E-state index in [-0.39, 0.29) is 77.4 Å². The van der Waals surface area contributed by atoms with Crippen LogP contribution in [0.3, 0.4) is 0 Å². The van der Waals surface area contributed by atoms with Gasteiger partial charge in [0.2, 0.25) is 0 Å². The molecule has 5 aliphatic rings. The Balaban J connectivity index is 0.00000744. The summed E-state index contributed by atoms with van der Waals surface area (Å²) in [4.78, 5) is 26.5. The molecule has 0 aromatic heterocycles. The number of hydrogen-bond donors (Lipinski definition) is 3. The number of Topliss-reactive ketones (excluding diaryl/α,β-unsaturated/α-hetero) is 1. The van der Waals surface area contributed by atoms with Crippen LogP contribution in [-0.2, 0) is 33.3 Å². The SMILES string of the molecule is CC[C@@H](C(=O)[C@@H](C)[C@@H](O)[C@H](C)[C@@H]1O[C@@H]([C@@H](CC)C(=O)[O-])CC[C@@H]1C)[C@H]1O[C@]2(C=C[C@H](NCC(C)C)[C@]3(CC[C@@](C)([C@H]4CC[C@](O)(CC)[C@H](C)O4)O3)O2)[C@H](C)C[C@@H]1C.[Na+]. The Hall–Kier alpha value is -0.440. The van der Waals surface area contributed by atoms with E-state index in [1.165, 1.54) is 0 Å². The minimum atomic E-state index is -1.14. The number of aliphatic carboxylic acids is 1. The van der Waals surface area contributed by atoms with E-state index in [0.29, 0.717) is 57.3 Å². The van der Waals surface area contributed by atoms with E-state index >= 15 is 0 Å². The molecule has 0 bridgehead atoms. The van der Waals surface area contributed by atoms with E-state index in [4.69, 9.17) is 23.7 Å². The van der Waals surface area contributed by atoms with Crippen molar-refractivity contribution in [3.8, 4) is 0 Å². The fourth-order valence-corrected chi connectivity index (χ4v) is 11.1. The summed E-state index contributed by atoms with van der Waals surface area (Å²) in [6, 6.07) is -0.238. The molecule has 0 aliphatic carbocycles. The van der Waals surface area contributed by atoms with Gasteiger partial charge in [0, 0.05) is 42.0 Å². The molecule has 4 saturated heterocycles. The van der Waals surface area contributed by atoms with Crippen LogP contribution in [0, 0.1) is 47.3 Å². The van der Waals surface area contributed by atoms with Crippen LogP contribution in [0.1, 0.15) is 147 Å². The van der Waals surface area contributed by atoms with E-state index in [9.17, 15) is 24.9 Å². The van der Waals surface area contributed by atoms with Gasteiger partial charge in [0.05, 0.1) is 53.9 Å². The van der Waals surface area contributed by atoms with E-state index in [1.54, 1.807) is 6.92 Å². The molecule has 5 heterocycles. The zero-order chi connectivity index (χ0) is 42.2. The second kappa shape index (κ2) is 19.9. The maximum atomic E-state index is 14.6. The fourth-order valence-electron chi connectivity index (χ4n) is 11.1. The van der Waals surface area contributed by atoms with Gasteiger partial charge in [-0.25, -0.2) is 0 Å². The fraction of sp³-hybridized carbons (Fsp3) is 0.913. The number of ether oxygens (including phenoxy) is 5. The molecule has 3 N–H and O–H groups in total. The monoisotopic (exact) mass is 828 g/mol. The number of carboxylic acid groups (broad SMARTS) is 1. The van der Waals surface area contributed by atoms with Gasteiger partial charge in [0.1, 0.15) is 5.78 Å². The summed E-state index contributed by atoms with van der Waals surface area (Å²) in [5, 5.41) is 38.6. The maximum Gasteiger partial charge on any atom is 1.00 e. The molecule has 0 saturated carbocycles. The van der Waals surface area contributed by atoms with Crippen LogP contribution in [0.4, 0.5) is 0 Å². The molecule has 11 nitrogen and oxygen atoms in total. The Morgan fingerprint density at radius 2 is 1.57 bits per heavy atom. The van der Waals surface area contributed by atoms with E-state index in [1.807, 2.05) is 40.7 Å². The van der Waals surface area contributed by atoms with Crippen LogP contribution in [0.15, 0.2) is 12.2 Å². The molecule has 2 spiro atoms.